The minimum atomic E-state index is 0.189. The first kappa shape index (κ1) is 22.7. The van der Waals surface area contributed by atoms with Crippen molar-refractivity contribution in [2.75, 3.05) is 6.54 Å². The molecule has 0 radical (unpaired) electrons. The van der Waals surface area contributed by atoms with Gasteiger partial charge in [-0.25, -0.2) is 0 Å². The maximum atomic E-state index is 6.32. The molecule has 34 heavy (non-hydrogen) atoms. The second kappa shape index (κ2) is 9.06. The largest absolute Gasteiger partial charge is 0.376 e. The lowest BCUT2D eigenvalue weighted by Crippen LogP contribution is -2.62. The first-order valence-corrected chi connectivity index (χ1v) is 14.1. The fraction of sp³-hybridized carbons (Fsp3) is 0.581. The summed E-state index contributed by atoms with van der Waals surface area (Å²) in [5, 5.41) is 3.94. The number of nitrogens with one attached hydrogen (secondary N) is 1. The minimum absolute atomic E-state index is 0.189. The molecule has 5 aliphatic rings. The maximum absolute atomic E-state index is 6.32. The predicted octanol–water partition coefficient (Wildman–Crippen LogP) is 6.43. The van der Waals surface area contributed by atoms with Gasteiger partial charge in [-0.3, -0.25) is 0 Å². The standard InChI is InChI=1S/C31H40N2S/c32-20-23-11-13-27(14-12-23)33-29(34)31-18-24-16-30(21-31,26-9-5-2-6-10-26)17-25(19-31)28(24)15-22-7-3-1-4-8-22/h1-10,23-25,27-28H,11-21,32H2,(H,33,34)/t23-,24?,25?,27-,28?,30?,31?. The van der Waals surface area contributed by atoms with E-state index < -0.39 is 0 Å². The summed E-state index contributed by atoms with van der Waals surface area (Å²) in [4.78, 5) is 1.21. The second-order valence-electron chi connectivity index (χ2n) is 12.2. The van der Waals surface area contributed by atoms with Gasteiger partial charge < -0.3 is 11.1 Å². The number of nitrogens with two attached hydrogens (primary N) is 1. The summed E-state index contributed by atoms with van der Waals surface area (Å²) in [6.07, 6.45) is 12.7. The number of hydrogen-bond acceptors (Lipinski definition) is 2. The van der Waals surface area contributed by atoms with Crippen molar-refractivity contribution in [1.29, 1.82) is 0 Å². The lowest BCUT2D eigenvalue weighted by Gasteiger charge is -2.65. The van der Waals surface area contributed by atoms with Crippen LogP contribution in [0.2, 0.25) is 0 Å². The Bertz CT molecular complexity index is 979. The van der Waals surface area contributed by atoms with Crippen molar-refractivity contribution in [3.63, 3.8) is 0 Å². The first-order chi connectivity index (χ1) is 16.6. The Morgan fingerprint density at radius 1 is 0.853 bits per heavy atom. The van der Waals surface area contributed by atoms with Gasteiger partial charge in [-0.2, -0.15) is 0 Å². The molecule has 5 saturated carbocycles. The van der Waals surface area contributed by atoms with Crippen molar-refractivity contribution in [1.82, 2.24) is 5.32 Å². The molecule has 2 unspecified atom stereocenters. The highest BCUT2D eigenvalue weighted by Crippen LogP contribution is 2.68. The van der Waals surface area contributed by atoms with Gasteiger partial charge in [-0.05, 0) is 111 Å². The fourth-order valence-electron chi connectivity index (χ4n) is 8.74. The van der Waals surface area contributed by atoms with Crippen LogP contribution < -0.4 is 11.1 Å². The van der Waals surface area contributed by atoms with Crippen molar-refractivity contribution < 1.29 is 0 Å². The summed E-state index contributed by atoms with van der Waals surface area (Å²) in [6, 6.07) is 23.2. The van der Waals surface area contributed by atoms with E-state index in [0.29, 0.717) is 17.4 Å². The van der Waals surface area contributed by atoms with E-state index in [1.807, 2.05) is 0 Å². The van der Waals surface area contributed by atoms with Crippen LogP contribution in [0.1, 0.15) is 68.9 Å². The van der Waals surface area contributed by atoms with E-state index in [0.717, 1.165) is 24.3 Å². The molecule has 0 aromatic heterocycles. The molecule has 2 atom stereocenters. The van der Waals surface area contributed by atoms with Crippen molar-refractivity contribution in [2.24, 2.45) is 34.8 Å². The lowest BCUT2D eigenvalue weighted by atomic mass is 9.39. The van der Waals surface area contributed by atoms with E-state index >= 15 is 0 Å². The molecule has 0 heterocycles. The third-order valence-corrected chi connectivity index (χ3v) is 10.7. The SMILES string of the molecule is NC[C@H]1CC[C@H](NC(=S)C23CC4CC(c5ccccc5)(CC(C2)C4Cc2ccccc2)C3)CC1. The molecule has 2 aromatic rings. The third-order valence-electron chi connectivity index (χ3n) is 10.2. The normalized spacial score (nSPS) is 38.6. The topological polar surface area (TPSA) is 38.0 Å². The molecule has 3 N–H and O–H groups in total. The molecule has 3 heteroatoms. The molecule has 5 fully saturated rings. The molecule has 2 nitrogen and oxygen atoms in total. The van der Waals surface area contributed by atoms with Crippen LogP contribution in [0.5, 0.6) is 0 Å². The van der Waals surface area contributed by atoms with Crippen molar-refractivity contribution >= 4 is 17.2 Å². The van der Waals surface area contributed by atoms with Gasteiger partial charge >= 0.3 is 0 Å². The van der Waals surface area contributed by atoms with E-state index in [1.165, 1.54) is 74.8 Å². The number of benzene rings is 2. The van der Waals surface area contributed by atoms with Gasteiger partial charge in [0.2, 0.25) is 0 Å². The highest BCUT2D eigenvalue weighted by molar-refractivity contribution is 7.80. The van der Waals surface area contributed by atoms with E-state index in [9.17, 15) is 0 Å². The second-order valence-corrected chi connectivity index (χ2v) is 12.6. The van der Waals surface area contributed by atoms with Gasteiger partial charge in [0.05, 0.1) is 4.99 Å². The van der Waals surface area contributed by atoms with Gasteiger partial charge in [0.1, 0.15) is 0 Å². The van der Waals surface area contributed by atoms with E-state index in [4.69, 9.17) is 18.0 Å². The van der Waals surface area contributed by atoms with Crippen LogP contribution in [0.15, 0.2) is 60.7 Å². The zero-order chi connectivity index (χ0) is 23.2. The van der Waals surface area contributed by atoms with Crippen molar-refractivity contribution in [3.05, 3.63) is 71.8 Å². The van der Waals surface area contributed by atoms with Crippen LogP contribution in [0.3, 0.4) is 0 Å². The van der Waals surface area contributed by atoms with Crippen molar-refractivity contribution in [2.45, 2.75) is 75.7 Å². The zero-order valence-corrected chi connectivity index (χ0v) is 21.2. The van der Waals surface area contributed by atoms with Gasteiger partial charge in [-0.15, -0.1) is 0 Å². The summed E-state index contributed by atoms with van der Waals surface area (Å²) in [6.45, 7) is 0.840. The average molecular weight is 473 g/mol. The third kappa shape index (κ3) is 4.03. The molecule has 0 spiro atoms. The van der Waals surface area contributed by atoms with Gasteiger partial charge in [0, 0.05) is 11.5 Å². The summed E-state index contributed by atoms with van der Waals surface area (Å²) in [5.74, 6) is 3.06. The molecule has 7 rings (SSSR count). The molecule has 0 saturated heterocycles. The Hall–Kier alpha value is -1.71. The van der Waals surface area contributed by atoms with Gasteiger partial charge in [0.15, 0.2) is 0 Å². The van der Waals surface area contributed by atoms with Gasteiger partial charge in [-0.1, -0.05) is 72.9 Å². The molecule has 5 aliphatic carbocycles. The maximum Gasteiger partial charge on any atom is 0.0818 e. The number of rotatable bonds is 6. The van der Waals surface area contributed by atoms with Crippen LogP contribution in [-0.2, 0) is 11.8 Å². The predicted molar refractivity (Wildman–Crippen MR) is 145 cm³/mol. The minimum Gasteiger partial charge on any atom is -0.376 e. The first-order valence-electron chi connectivity index (χ1n) is 13.7. The van der Waals surface area contributed by atoms with E-state index in [-0.39, 0.29) is 5.41 Å². The summed E-state index contributed by atoms with van der Waals surface area (Å²) < 4.78 is 0. The Morgan fingerprint density at radius 2 is 1.47 bits per heavy atom. The van der Waals surface area contributed by atoms with Crippen molar-refractivity contribution in [3.8, 4) is 0 Å². The Morgan fingerprint density at radius 3 is 2.09 bits per heavy atom. The monoisotopic (exact) mass is 472 g/mol. The quantitative estimate of drug-likeness (QED) is 0.476. The highest BCUT2D eigenvalue weighted by atomic mass is 32.1. The molecule has 0 aliphatic heterocycles. The Labute approximate surface area is 211 Å². The molecule has 2 aromatic carbocycles. The zero-order valence-electron chi connectivity index (χ0n) is 20.4. The molecule has 180 valence electrons. The summed E-state index contributed by atoms with van der Waals surface area (Å²) in [5.41, 5.74) is 9.52. The molecular formula is C31H40N2S. The highest BCUT2D eigenvalue weighted by Gasteiger charge is 2.62. The van der Waals surface area contributed by atoms with E-state index in [2.05, 4.69) is 66.0 Å². The summed E-state index contributed by atoms with van der Waals surface area (Å²) >= 11 is 6.32. The van der Waals surface area contributed by atoms with Crippen LogP contribution in [0, 0.1) is 29.1 Å². The fourth-order valence-corrected chi connectivity index (χ4v) is 9.15. The van der Waals surface area contributed by atoms with E-state index in [1.54, 1.807) is 5.56 Å². The van der Waals surface area contributed by atoms with Crippen LogP contribution in [0.4, 0.5) is 0 Å². The Kier molecular flexibility index (Phi) is 6.06. The van der Waals surface area contributed by atoms with Crippen LogP contribution in [-0.4, -0.2) is 17.6 Å². The molecular weight excluding hydrogens is 432 g/mol. The number of hydrogen-bond donors (Lipinski definition) is 2. The average Bonchev–Trinajstić information content (AvgIpc) is 2.87. The van der Waals surface area contributed by atoms with Gasteiger partial charge in [0.25, 0.3) is 0 Å². The lowest BCUT2D eigenvalue weighted by molar-refractivity contribution is -0.0811. The Balaban J connectivity index is 1.26. The summed E-state index contributed by atoms with van der Waals surface area (Å²) in [7, 11) is 0. The molecule has 0 amide bonds. The van der Waals surface area contributed by atoms with Crippen LogP contribution in [0.25, 0.3) is 0 Å². The smallest absolute Gasteiger partial charge is 0.0818 e. The molecule has 4 bridgehead atoms. The van der Waals surface area contributed by atoms with Crippen LogP contribution >= 0.6 is 12.2 Å². The number of thiocarbonyl (C=S) groups is 1.